The molecular formula is C13H18N2O3. The Hall–Kier alpha value is -2.04. The van der Waals surface area contributed by atoms with E-state index in [1.54, 1.807) is 24.3 Å². The zero-order chi connectivity index (χ0) is 13.4. The van der Waals surface area contributed by atoms with Crippen molar-refractivity contribution >= 4 is 12.0 Å². The number of unbranched alkanes of at least 4 members (excludes halogenated alkanes) is 1. The molecule has 0 aliphatic rings. The van der Waals surface area contributed by atoms with Gasteiger partial charge >= 0.3 is 6.09 Å². The number of hydrogen-bond donors (Lipinski definition) is 3. The normalized spacial score (nSPS) is 11.6. The number of amides is 2. The predicted octanol–water partition coefficient (Wildman–Crippen LogP) is 1.91. The summed E-state index contributed by atoms with van der Waals surface area (Å²) in [5, 5.41) is 13.7. The van der Waals surface area contributed by atoms with E-state index in [2.05, 4.69) is 10.6 Å². The van der Waals surface area contributed by atoms with Crippen LogP contribution >= 0.6 is 0 Å². The molecule has 5 nitrogen and oxygen atoms in total. The first-order valence-corrected chi connectivity index (χ1v) is 5.97. The molecule has 1 aromatic carbocycles. The Bertz CT molecular complexity index is 392. The maximum absolute atomic E-state index is 11.9. The molecule has 0 unspecified atom stereocenters. The molecule has 0 fully saturated rings. The van der Waals surface area contributed by atoms with E-state index in [9.17, 15) is 9.59 Å². The monoisotopic (exact) mass is 250 g/mol. The second-order valence-electron chi connectivity index (χ2n) is 3.94. The van der Waals surface area contributed by atoms with Gasteiger partial charge in [0.05, 0.1) is 0 Å². The Kier molecular flexibility index (Phi) is 5.70. The van der Waals surface area contributed by atoms with Crippen LogP contribution in [0.15, 0.2) is 30.3 Å². The minimum Gasteiger partial charge on any atom is -0.465 e. The molecule has 98 valence electrons. The topological polar surface area (TPSA) is 78.4 Å². The number of carbonyl (C=O) groups excluding carboxylic acids is 1. The Labute approximate surface area is 106 Å². The minimum absolute atomic E-state index is 0.322. The van der Waals surface area contributed by atoms with Crippen LogP contribution in [0.3, 0.4) is 0 Å². The molecular weight excluding hydrogens is 232 g/mol. The highest BCUT2D eigenvalue weighted by atomic mass is 16.4. The van der Waals surface area contributed by atoms with Gasteiger partial charge in [-0.05, 0) is 12.0 Å². The maximum Gasteiger partial charge on any atom is 0.405 e. The highest BCUT2D eigenvalue weighted by Gasteiger charge is 2.21. The number of nitrogens with one attached hydrogen (secondary N) is 2. The Morgan fingerprint density at radius 3 is 2.50 bits per heavy atom. The van der Waals surface area contributed by atoms with Crippen molar-refractivity contribution in [3.63, 3.8) is 0 Å². The molecule has 0 bridgehead atoms. The largest absolute Gasteiger partial charge is 0.465 e. The first-order valence-electron chi connectivity index (χ1n) is 5.97. The first-order chi connectivity index (χ1) is 8.65. The highest BCUT2D eigenvalue weighted by molar-refractivity contribution is 5.86. The third kappa shape index (κ3) is 4.45. The molecule has 2 amide bonds. The van der Waals surface area contributed by atoms with Crippen molar-refractivity contribution in [3.05, 3.63) is 35.9 Å². The van der Waals surface area contributed by atoms with E-state index in [0.29, 0.717) is 12.1 Å². The molecule has 1 aromatic rings. The number of carbonyl (C=O) groups is 2. The highest BCUT2D eigenvalue weighted by Crippen LogP contribution is 2.12. The fourth-order valence-electron chi connectivity index (χ4n) is 1.56. The molecule has 18 heavy (non-hydrogen) atoms. The predicted molar refractivity (Wildman–Crippen MR) is 68.3 cm³/mol. The summed E-state index contributed by atoms with van der Waals surface area (Å²) < 4.78 is 0. The standard InChI is InChI=1S/C13H18N2O3/c1-2-3-9-14-12(16)11(15-13(17)18)10-7-5-4-6-8-10/h4-8,11,15H,2-3,9H2,1H3,(H,14,16)(H,17,18)/t11-/m1/s1. The van der Waals surface area contributed by atoms with Crippen LogP contribution in [0.2, 0.25) is 0 Å². The van der Waals surface area contributed by atoms with Crippen LogP contribution in [-0.2, 0) is 4.79 Å². The molecule has 1 rings (SSSR count). The Morgan fingerprint density at radius 1 is 1.28 bits per heavy atom. The van der Waals surface area contributed by atoms with Crippen LogP contribution in [0.1, 0.15) is 31.4 Å². The molecule has 0 aromatic heterocycles. The van der Waals surface area contributed by atoms with Gasteiger partial charge < -0.3 is 15.7 Å². The van der Waals surface area contributed by atoms with Crippen molar-refractivity contribution in [2.75, 3.05) is 6.54 Å². The minimum atomic E-state index is -1.21. The number of benzene rings is 1. The van der Waals surface area contributed by atoms with Gasteiger partial charge in [0.25, 0.3) is 0 Å². The number of rotatable bonds is 6. The van der Waals surface area contributed by atoms with Crippen molar-refractivity contribution < 1.29 is 14.7 Å². The van der Waals surface area contributed by atoms with E-state index in [1.807, 2.05) is 13.0 Å². The fourth-order valence-corrected chi connectivity index (χ4v) is 1.56. The molecule has 0 heterocycles. The lowest BCUT2D eigenvalue weighted by Crippen LogP contribution is -2.40. The molecule has 0 aliphatic carbocycles. The molecule has 5 heteroatoms. The van der Waals surface area contributed by atoms with E-state index in [-0.39, 0.29) is 5.91 Å². The summed E-state index contributed by atoms with van der Waals surface area (Å²) in [5.41, 5.74) is 0.633. The Morgan fingerprint density at radius 2 is 1.94 bits per heavy atom. The lowest BCUT2D eigenvalue weighted by Gasteiger charge is -2.16. The van der Waals surface area contributed by atoms with E-state index in [4.69, 9.17) is 5.11 Å². The van der Waals surface area contributed by atoms with Gasteiger partial charge in [0.15, 0.2) is 0 Å². The van der Waals surface area contributed by atoms with E-state index in [1.165, 1.54) is 0 Å². The van der Waals surface area contributed by atoms with Gasteiger partial charge in [-0.1, -0.05) is 43.7 Å². The summed E-state index contributed by atoms with van der Waals surface area (Å²) in [6.45, 7) is 2.58. The second kappa shape index (κ2) is 7.32. The van der Waals surface area contributed by atoms with Crippen molar-refractivity contribution in [2.24, 2.45) is 0 Å². The lowest BCUT2D eigenvalue weighted by molar-refractivity contribution is -0.123. The van der Waals surface area contributed by atoms with Gasteiger partial charge in [0.1, 0.15) is 6.04 Å². The van der Waals surface area contributed by atoms with Gasteiger partial charge in [0.2, 0.25) is 5.91 Å². The summed E-state index contributed by atoms with van der Waals surface area (Å²) in [6.07, 6.45) is 0.637. The van der Waals surface area contributed by atoms with Crippen molar-refractivity contribution in [1.82, 2.24) is 10.6 Å². The Balaban J connectivity index is 2.72. The SMILES string of the molecule is CCCCNC(=O)[C@H](NC(=O)O)c1ccccc1. The van der Waals surface area contributed by atoms with Crippen LogP contribution in [0.5, 0.6) is 0 Å². The third-order valence-corrected chi connectivity index (χ3v) is 2.49. The van der Waals surface area contributed by atoms with Crippen molar-refractivity contribution in [1.29, 1.82) is 0 Å². The first kappa shape index (κ1) is 14.0. The summed E-state index contributed by atoms with van der Waals surface area (Å²) in [5.74, 6) is -0.322. The average molecular weight is 250 g/mol. The van der Waals surface area contributed by atoms with Crippen LogP contribution in [0, 0.1) is 0 Å². The molecule has 3 N–H and O–H groups in total. The summed E-state index contributed by atoms with van der Waals surface area (Å²) in [7, 11) is 0. The zero-order valence-electron chi connectivity index (χ0n) is 10.3. The van der Waals surface area contributed by atoms with Gasteiger partial charge in [-0.2, -0.15) is 0 Å². The van der Waals surface area contributed by atoms with E-state index < -0.39 is 12.1 Å². The maximum atomic E-state index is 11.9. The molecule has 0 radical (unpaired) electrons. The van der Waals surface area contributed by atoms with Crippen molar-refractivity contribution in [2.45, 2.75) is 25.8 Å². The fraction of sp³-hybridized carbons (Fsp3) is 0.385. The molecule has 0 aliphatic heterocycles. The van der Waals surface area contributed by atoms with Crippen LogP contribution in [0.25, 0.3) is 0 Å². The molecule has 0 spiro atoms. The lowest BCUT2D eigenvalue weighted by atomic mass is 10.1. The molecule has 0 saturated heterocycles. The summed E-state index contributed by atoms with van der Waals surface area (Å²) >= 11 is 0. The van der Waals surface area contributed by atoms with Crippen LogP contribution in [-0.4, -0.2) is 23.7 Å². The average Bonchev–Trinajstić information content (AvgIpc) is 2.37. The van der Waals surface area contributed by atoms with Crippen molar-refractivity contribution in [3.8, 4) is 0 Å². The van der Waals surface area contributed by atoms with Gasteiger partial charge in [-0.3, -0.25) is 4.79 Å². The van der Waals surface area contributed by atoms with Gasteiger partial charge in [-0.15, -0.1) is 0 Å². The van der Waals surface area contributed by atoms with Crippen LogP contribution in [0.4, 0.5) is 4.79 Å². The smallest absolute Gasteiger partial charge is 0.405 e. The molecule has 1 atom stereocenters. The van der Waals surface area contributed by atoms with E-state index >= 15 is 0 Å². The summed E-state index contributed by atoms with van der Waals surface area (Å²) in [4.78, 5) is 22.6. The number of carboxylic acid groups (broad SMARTS) is 1. The van der Waals surface area contributed by atoms with E-state index in [0.717, 1.165) is 12.8 Å². The van der Waals surface area contributed by atoms with Gasteiger partial charge in [-0.25, -0.2) is 4.79 Å². The zero-order valence-corrected chi connectivity index (χ0v) is 10.3. The van der Waals surface area contributed by atoms with Crippen LogP contribution < -0.4 is 10.6 Å². The molecule has 0 saturated carbocycles. The summed E-state index contributed by atoms with van der Waals surface area (Å²) in [6, 6.07) is 7.94. The third-order valence-electron chi connectivity index (χ3n) is 2.49. The quantitative estimate of drug-likeness (QED) is 0.675. The van der Waals surface area contributed by atoms with Gasteiger partial charge in [0, 0.05) is 6.54 Å². The second-order valence-corrected chi connectivity index (χ2v) is 3.94. The number of hydrogen-bond acceptors (Lipinski definition) is 2.